The Morgan fingerprint density at radius 2 is 2.04 bits per heavy atom. The number of carbonyl (C=O) groups excluding carboxylic acids is 1. The number of aliphatic carboxylic acids is 1. The summed E-state index contributed by atoms with van der Waals surface area (Å²) in [5.41, 5.74) is 0.867. The topological polar surface area (TPSA) is 66.8 Å². The average molecular weight is 319 g/mol. The van der Waals surface area contributed by atoms with Crippen LogP contribution >= 0.6 is 0 Å². The number of carboxylic acid groups (broad SMARTS) is 1. The van der Waals surface area contributed by atoms with Crippen molar-refractivity contribution < 1.29 is 19.4 Å². The molecule has 0 atom stereocenters. The Kier molecular flexibility index (Phi) is 7.88. The Morgan fingerprint density at radius 1 is 1.30 bits per heavy atom. The Balaban J connectivity index is 2.72. The molecular formula is C18H25NO4. The van der Waals surface area contributed by atoms with Gasteiger partial charge in [0.25, 0.3) is 0 Å². The molecule has 0 saturated carbocycles. The van der Waals surface area contributed by atoms with E-state index in [9.17, 15) is 9.59 Å². The number of benzene rings is 1. The van der Waals surface area contributed by atoms with Crippen molar-refractivity contribution in [2.75, 3.05) is 13.1 Å². The first-order valence-electron chi connectivity index (χ1n) is 7.88. The molecule has 5 heteroatoms. The molecule has 0 unspecified atom stereocenters. The van der Waals surface area contributed by atoms with Crippen LogP contribution in [0.5, 0.6) is 5.75 Å². The van der Waals surface area contributed by atoms with E-state index in [0.717, 1.165) is 17.7 Å². The van der Waals surface area contributed by atoms with Crippen molar-refractivity contribution in [1.29, 1.82) is 0 Å². The standard InChI is InChI=1S/C18H25NO4/c1-4-11-19(12-10-18(21)22)17(20)9-8-15-6-5-7-16(13-15)23-14(2)3/h5-9,13-14H,4,10-12H2,1-3H3,(H,21,22)/b9-8+. The van der Waals surface area contributed by atoms with E-state index in [2.05, 4.69) is 0 Å². The lowest BCUT2D eigenvalue weighted by Crippen LogP contribution is -2.32. The summed E-state index contributed by atoms with van der Waals surface area (Å²) < 4.78 is 5.62. The zero-order chi connectivity index (χ0) is 17.2. The van der Waals surface area contributed by atoms with E-state index in [1.54, 1.807) is 11.0 Å². The number of nitrogens with zero attached hydrogens (tertiary/aromatic N) is 1. The first-order valence-corrected chi connectivity index (χ1v) is 7.88. The van der Waals surface area contributed by atoms with E-state index >= 15 is 0 Å². The highest BCUT2D eigenvalue weighted by molar-refractivity contribution is 5.92. The van der Waals surface area contributed by atoms with Crippen molar-refractivity contribution in [1.82, 2.24) is 4.90 Å². The lowest BCUT2D eigenvalue weighted by Gasteiger charge is -2.19. The van der Waals surface area contributed by atoms with Crippen molar-refractivity contribution in [2.45, 2.75) is 39.7 Å². The van der Waals surface area contributed by atoms with Gasteiger partial charge in [0.1, 0.15) is 5.75 Å². The summed E-state index contributed by atoms with van der Waals surface area (Å²) in [6.45, 7) is 6.64. The Hall–Kier alpha value is -2.30. The molecule has 0 aliphatic rings. The Morgan fingerprint density at radius 3 is 2.65 bits per heavy atom. The van der Waals surface area contributed by atoms with E-state index in [1.165, 1.54) is 6.08 Å². The first kappa shape index (κ1) is 18.7. The molecule has 0 spiro atoms. The molecule has 1 aromatic rings. The van der Waals surface area contributed by atoms with Crippen molar-refractivity contribution in [2.24, 2.45) is 0 Å². The minimum absolute atomic E-state index is 0.0444. The third kappa shape index (κ3) is 7.49. The molecule has 1 amide bonds. The molecule has 0 aliphatic heterocycles. The van der Waals surface area contributed by atoms with Crippen molar-refractivity contribution >= 4 is 18.0 Å². The number of carboxylic acids is 1. The fourth-order valence-corrected chi connectivity index (χ4v) is 2.07. The number of hydrogen-bond donors (Lipinski definition) is 1. The summed E-state index contributed by atoms with van der Waals surface area (Å²) in [5, 5.41) is 8.75. The summed E-state index contributed by atoms with van der Waals surface area (Å²) in [6, 6.07) is 7.50. The van der Waals surface area contributed by atoms with Gasteiger partial charge in [-0.25, -0.2) is 0 Å². The van der Waals surface area contributed by atoms with Crippen molar-refractivity contribution in [3.05, 3.63) is 35.9 Å². The molecule has 0 fully saturated rings. The molecule has 0 heterocycles. The highest BCUT2D eigenvalue weighted by Gasteiger charge is 2.11. The summed E-state index contributed by atoms with van der Waals surface area (Å²) in [6.07, 6.45) is 4.03. The fraction of sp³-hybridized carbons (Fsp3) is 0.444. The highest BCUT2D eigenvalue weighted by atomic mass is 16.5. The van der Waals surface area contributed by atoms with Gasteiger partial charge in [0.05, 0.1) is 12.5 Å². The van der Waals surface area contributed by atoms with Gasteiger partial charge in [-0.15, -0.1) is 0 Å². The quantitative estimate of drug-likeness (QED) is 0.710. The van der Waals surface area contributed by atoms with E-state index in [4.69, 9.17) is 9.84 Å². The van der Waals surface area contributed by atoms with Crippen LogP contribution in [0, 0.1) is 0 Å². The molecule has 0 bridgehead atoms. The molecule has 0 saturated heterocycles. The van der Waals surface area contributed by atoms with Crippen LogP contribution in [0.1, 0.15) is 39.2 Å². The fourth-order valence-electron chi connectivity index (χ4n) is 2.07. The van der Waals surface area contributed by atoms with Gasteiger partial charge in [-0.3, -0.25) is 9.59 Å². The maximum Gasteiger partial charge on any atom is 0.305 e. The highest BCUT2D eigenvalue weighted by Crippen LogP contribution is 2.16. The van der Waals surface area contributed by atoms with Gasteiger partial charge in [0, 0.05) is 19.2 Å². The van der Waals surface area contributed by atoms with Crippen molar-refractivity contribution in [3.63, 3.8) is 0 Å². The molecule has 0 aromatic heterocycles. The molecule has 126 valence electrons. The number of amides is 1. The van der Waals surface area contributed by atoms with Gasteiger partial charge in [0.15, 0.2) is 0 Å². The van der Waals surface area contributed by atoms with Gasteiger partial charge < -0.3 is 14.7 Å². The van der Waals surface area contributed by atoms with Crippen LogP contribution in [-0.4, -0.2) is 41.1 Å². The minimum atomic E-state index is -0.901. The first-order chi connectivity index (χ1) is 10.9. The van der Waals surface area contributed by atoms with Gasteiger partial charge in [-0.2, -0.15) is 0 Å². The smallest absolute Gasteiger partial charge is 0.305 e. The summed E-state index contributed by atoms with van der Waals surface area (Å²) >= 11 is 0. The summed E-state index contributed by atoms with van der Waals surface area (Å²) in [4.78, 5) is 24.4. The van der Waals surface area contributed by atoms with Gasteiger partial charge >= 0.3 is 5.97 Å². The number of carbonyl (C=O) groups is 2. The number of hydrogen-bond acceptors (Lipinski definition) is 3. The lowest BCUT2D eigenvalue weighted by molar-refractivity contribution is -0.138. The zero-order valence-corrected chi connectivity index (χ0v) is 14.0. The van der Waals surface area contributed by atoms with E-state index < -0.39 is 5.97 Å². The molecule has 0 aliphatic carbocycles. The van der Waals surface area contributed by atoms with Crippen LogP contribution in [0.15, 0.2) is 30.3 Å². The predicted molar refractivity (Wildman–Crippen MR) is 90.4 cm³/mol. The Bertz CT molecular complexity index is 552. The SMILES string of the molecule is CCCN(CCC(=O)O)C(=O)/C=C/c1cccc(OC(C)C)c1. The number of ether oxygens (including phenoxy) is 1. The maximum absolute atomic E-state index is 12.2. The van der Waals surface area contributed by atoms with Crippen LogP contribution in [-0.2, 0) is 9.59 Å². The lowest BCUT2D eigenvalue weighted by atomic mass is 10.2. The Labute approximate surface area is 137 Å². The van der Waals surface area contributed by atoms with Crippen LogP contribution in [0.2, 0.25) is 0 Å². The zero-order valence-electron chi connectivity index (χ0n) is 14.0. The summed E-state index contributed by atoms with van der Waals surface area (Å²) in [5.74, 6) is -0.324. The minimum Gasteiger partial charge on any atom is -0.491 e. The monoisotopic (exact) mass is 319 g/mol. The molecule has 1 N–H and O–H groups in total. The molecule has 0 radical (unpaired) electrons. The molecule has 1 rings (SSSR count). The van der Waals surface area contributed by atoms with Crippen LogP contribution < -0.4 is 4.74 Å². The van der Waals surface area contributed by atoms with Gasteiger partial charge in [-0.05, 0) is 44.0 Å². The predicted octanol–water partition coefficient (Wildman–Crippen LogP) is 3.20. The third-order valence-corrected chi connectivity index (χ3v) is 3.05. The largest absolute Gasteiger partial charge is 0.491 e. The van der Waals surface area contributed by atoms with E-state index in [1.807, 2.05) is 45.0 Å². The van der Waals surface area contributed by atoms with Crippen LogP contribution in [0.25, 0.3) is 6.08 Å². The number of rotatable bonds is 9. The normalized spacial score (nSPS) is 11.0. The molecular weight excluding hydrogens is 294 g/mol. The maximum atomic E-state index is 12.2. The van der Waals surface area contributed by atoms with Gasteiger partial charge in [-0.1, -0.05) is 19.1 Å². The van der Waals surface area contributed by atoms with E-state index in [0.29, 0.717) is 6.54 Å². The van der Waals surface area contributed by atoms with Crippen LogP contribution in [0.4, 0.5) is 0 Å². The summed E-state index contributed by atoms with van der Waals surface area (Å²) in [7, 11) is 0. The molecule has 23 heavy (non-hydrogen) atoms. The van der Waals surface area contributed by atoms with Crippen LogP contribution in [0.3, 0.4) is 0 Å². The third-order valence-electron chi connectivity index (χ3n) is 3.05. The van der Waals surface area contributed by atoms with Gasteiger partial charge in [0.2, 0.25) is 5.91 Å². The second-order valence-corrected chi connectivity index (χ2v) is 5.54. The second-order valence-electron chi connectivity index (χ2n) is 5.54. The van der Waals surface area contributed by atoms with Crippen molar-refractivity contribution in [3.8, 4) is 5.75 Å². The molecule has 1 aromatic carbocycles. The van der Waals surface area contributed by atoms with E-state index in [-0.39, 0.29) is 25.0 Å². The molecule has 5 nitrogen and oxygen atoms in total. The average Bonchev–Trinajstić information content (AvgIpc) is 2.48. The second kappa shape index (κ2) is 9.66.